The van der Waals surface area contributed by atoms with Crippen molar-refractivity contribution in [3.63, 3.8) is 0 Å². The van der Waals surface area contributed by atoms with E-state index in [2.05, 4.69) is 15.5 Å². The lowest BCUT2D eigenvalue weighted by Gasteiger charge is -2.18. The summed E-state index contributed by atoms with van der Waals surface area (Å²) in [6.45, 7) is 6.20. The third-order valence-electron chi connectivity index (χ3n) is 7.07. The Hall–Kier alpha value is -4.80. The number of ether oxygens (including phenoxy) is 1. The van der Waals surface area contributed by atoms with E-state index in [4.69, 9.17) is 4.74 Å². The number of nitrogens with one attached hydrogen (secondary N) is 2. The first-order valence-corrected chi connectivity index (χ1v) is 15.4. The number of hydrogen-bond donors (Lipinski definition) is 2. The van der Waals surface area contributed by atoms with Gasteiger partial charge in [-0.3, -0.25) is 14.5 Å². The maximum atomic E-state index is 14.9. The van der Waals surface area contributed by atoms with Crippen molar-refractivity contribution >= 4 is 39.2 Å². The number of benzene rings is 3. The molecule has 5 aromatic rings. The lowest BCUT2D eigenvalue weighted by atomic mass is 10.0. The monoisotopic (exact) mass is 626 g/mol. The van der Waals surface area contributed by atoms with Crippen molar-refractivity contribution < 1.29 is 18.7 Å². The van der Waals surface area contributed by atoms with Gasteiger partial charge >= 0.3 is 6.09 Å². The standard InChI is InChI=1S/C35H35FN4O4S/c1-22(2)37-35(43)44-30-21-40(19-26-12-8-9-13-29(26)36)34-31(32(30)42)28(20-39(4)18-24-10-6-5-7-11-24)33(45-34)25-14-16-27(17-15-25)38-23(3)41/h5-17,21-22H,18-20H2,1-4H3,(H,37,43)(H,38,41). The van der Waals surface area contributed by atoms with E-state index in [0.717, 1.165) is 21.6 Å². The van der Waals surface area contributed by atoms with Gasteiger partial charge in [-0.15, -0.1) is 11.3 Å². The summed E-state index contributed by atoms with van der Waals surface area (Å²) in [4.78, 5) is 42.0. The summed E-state index contributed by atoms with van der Waals surface area (Å²) in [5, 5.41) is 5.86. The number of carbonyl (C=O) groups is 2. The van der Waals surface area contributed by atoms with Gasteiger partial charge in [-0.05, 0) is 55.8 Å². The summed E-state index contributed by atoms with van der Waals surface area (Å²) in [7, 11) is 1.98. The van der Waals surface area contributed by atoms with Crippen LogP contribution < -0.4 is 20.8 Å². The van der Waals surface area contributed by atoms with Gasteiger partial charge in [0.2, 0.25) is 11.3 Å². The van der Waals surface area contributed by atoms with Gasteiger partial charge in [-0.2, -0.15) is 0 Å². The Morgan fingerprint density at radius 2 is 1.67 bits per heavy atom. The van der Waals surface area contributed by atoms with E-state index in [9.17, 15) is 18.8 Å². The van der Waals surface area contributed by atoms with Gasteiger partial charge in [-0.25, -0.2) is 9.18 Å². The van der Waals surface area contributed by atoms with Gasteiger partial charge in [-0.1, -0.05) is 60.7 Å². The molecule has 3 aromatic carbocycles. The van der Waals surface area contributed by atoms with E-state index in [0.29, 0.717) is 34.6 Å². The van der Waals surface area contributed by atoms with Gasteiger partial charge in [0.1, 0.15) is 10.6 Å². The molecule has 0 fully saturated rings. The van der Waals surface area contributed by atoms with E-state index in [1.165, 1.54) is 30.5 Å². The number of halogens is 1. The van der Waals surface area contributed by atoms with Crippen LogP contribution in [0.2, 0.25) is 0 Å². The Kier molecular flexibility index (Phi) is 9.75. The van der Waals surface area contributed by atoms with Gasteiger partial charge < -0.3 is 19.9 Å². The molecular weight excluding hydrogens is 591 g/mol. The quantitative estimate of drug-likeness (QED) is 0.174. The number of rotatable bonds is 10. The highest BCUT2D eigenvalue weighted by molar-refractivity contribution is 7.22. The molecule has 0 aliphatic rings. The Balaban J connectivity index is 1.69. The smallest absolute Gasteiger partial charge is 0.405 e. The molecule has 8 nitrogen and oxygen atoms in total. The van der Waals surface area contributed by atoms with Crippen molar-refractivity contribution in [3.05, 3.63) is 118 Å². The first-order valence-electron chi connectivity index (χ1n) is 14.6. The zero-order valence-corrected chi connectivity index (χ0v) is 26.4. The van der Waals surface area contributed by atoms with Crippen LogP contribution in [0.4, 0.5) is 14.9 Å². The van der Waals surface area contributed by atoms with Crippen molar-refractivity contribution in [1.82, 2.24) is 14.8 Å². The SMILES string of the molecule is CC(=O)Nc1ccc(-c2sc3c(c2CN(C)Cc2ccccc2)c(=O)c(OC(=O)NC(C)C)cn3Cc2ccccc2F)cc1. The Morgan fingerprint density at radius 3 is 2.33 bits per heavy atom. The minimum absolute atomic E-state index is 0.117. The first kappa shape index (κ1) is 31.6. The second kappa shape index (κ2) is 13.9. The lowest BCUT2D eigenvalue weighted by Crippen LogP contribution is -2.34. The van der Waals surface area contributed by atoms with Crippen LogP contribution in [0.1, 0.15) is 37.5 Å². The second-order valence-corrected chi connectivity index (χ2v) is 12.2. The highest BCUT2D eigenvalue weighted by Gasteiger charge is 2.24. The summed E-state index contributed by atoms with van der Waals surface area (Å²) in [5.41, 5.74) is 3.40. The summed E-state index contributed by atoms with van der Waals surface area (Å²) in [6.07, 6.45) is 0.736. The van der Waals surface area contributed by atoms with Gasteiger partial charge in [0.05, 0.1) is 18.1 Å². The molecular formula is C35H35FN4O4S. The molecule has 0 bridgehead atoms. The van der Waals surface area contributed by atoms with Crippen LogP contribution in [0, 0.1) is 5.82 Å². The number of anilines is 1. The molecule has 0 atom stereocenters. The fourth-order valence-corrected chi connectivity index (χ4v) is 6.44. The molecule has 0 unspecified atom stereocenters. The lowest BCUT2D eigenvalue weighted by molar-refractivity contribution is -0.114. The number of hydrogen-bond acceptors (Lipinski definition) is 6. The normalized spacial score (nSPS) is 11.3. The van der Waals surface area contributed by atoms with Crippen LogP contribution in [0.15, 0.2) is 89.9 Å². The molecule has 0 saturated carbocycles. The predicted octanol–water partition coefficient (Wildman–Crippen LogP) is 7.00. The van der Waals surface area contributed by atoms with Crippen LogP contribution in [0.25, 0.3) is 20.7 Å². The molecule has 2 N–H and O–H groups in total. The van der Waals surface area contributed by atoms with E-state index in [1.807, 2.05) is 61.6 Å². The number of nitrogens with zero attached hydrogens (tertiary/aromatic N) is 2. The highest BCUT2D eigenvalue weighted by atomic mass is 32.1. The molecule has 45 heavy (non-hydrogen) atoms. The maximum absolute atomic E-state index is 14.9. The van der Waals surface area contributed by atoms with Crippen molar-refractivity contribution in [2.45, 2.75) is 46.4 Å². The van der Waals surface area contributed by atoms with Crippen molar-refractivity contribution in [3.8, 4) is 16.2 Å². The van der Waals surface area contributed by atoms with Crippen LogP contribution in [0.5, 0.6) is 5.75 Å². The minimum atomic E-state index is -0.745. The summed E-state index contributed by atoms with van der Waals surface area (Å²) in [6, 6.07) is 23.7. The molecule has 5 rings (SSSR count). The van der Waals surface area contributed by atoms with Crippen molar-refractivity contribution in [2.24, 2.45) is 0 Å². The van der Waals surface area contributed by atoms with Gasteiger partial charge in [0.15, 0.2) is 5.75 Å². The highest BCUT2D eigenvalue weighted by Crippen LogP contribution is 2.40. The minimum Gasteiger partial charge on any atom is -0.405 e. The molecule has 0 saturated heterocycles. The Labute approximate surface area is 265 Å². The number of amides is 2. The molecule has 10 heteroatoms. The van der Waals surface area contributed by atoms with E-state index in [1.54, 1.807) is 36.6 Å². The first-order chi connectivity index (χ1) is 21.6. The number of thiophene rings is 1. The Morgan fingerprint density at radius 1 is 0.978 bits per heavy atom. The zero-order valence-electron chi connectivity index (χ0n) is 25.6. The molecule has 232 valence electrons. The van der Waals surface area contributed by atoms with Crippen molar-refractivity contribution in [2.75, 3.05) is 12.4 Å². The third kappa shape index (κ3) is 7.65. The third-order valence-corrected chi connectivity index (χ3v) is 8.39. The molecule has 0 aliphatic carbocycles. The predicted molar refractivity (Wildman–Crippen MR) is 177 cm³/mol. The summed E-state index contributed by atoms with van der Waals surface area (Å²) in [5.74, 6) is -0.695. The largest absolute Gasteiger partial charge is 0.412 e. The van der Waals surface area contributed by atoms with Crippen LogP contribution in [-0.4, -0.2) is 34.6 Å². The molecule has 2 heterocycles. The molecule has 0 spiro atoms. The maximum Gasteiger partial charge on any atom is 0.412 e. The van der Waals surface area contributed by atoms with Gasteiger partial charge in [0.25, 0.3) is 0 Å². The molecule has 2 aromatic heterocycles. The van der Waals surface area contributed by atoms with E-state index < -0.39 is 11.5 Å². The zero-order chi connectivity index (χ0) is 32.1. The van der Waals surface area contributed by atoms with Crippen molar-refractivity contribution in [1.29, 1.82) is 0 Å². The topological polar surface area (TPSA) is 92.7 Å². The average molecular weight is 627 g/mol. The molecule has 2 amide bonds. The van der Waals surface area contributed by atoms with Crippen LogP contribution in [-0.2, 0) is 24.4 Å². The van der Waals surface area contributed by atoms with E-state index in [-0.39, 0.29) is 30.1 Å². The van der Waals surface area contributed by atoms with Crippen LogP contribution in [0.3, 0.4) is 0 Å². The fraction of sp³-hybridized carbons (Fsp3) is 0.229. The van der Waals surface area contributed by atoms with Gasteiger partial charge in [0, 0.05) is 42.2 Å². The average Bonchev–Trinajstić information content (AvgIpc) is 3.36. The number of aromatic nitrogens is 1. The number of fused-ring (bicyclic) bond motifs is 1. The number of carbonyl (C=O) groups excluding carboxylic acids is 2. The van der Waals surface area contributed by atoms with Crippen LogP contribution >= 0.6 is 11.3 Å². The molecule has 0 aliphatic heterocycles. The fourth-order valence-electron chi connectivity index (χ4n) is 5.15. The summed E-state index contributed by atoms with van der Waals surface area (Å²) < 4.78 is 22.2. The molecule has 0 radical (unpaired) electrons. The number of pyridine rings is 1. The Bertz CT molecular complexity index is 1880. The van der Waals surface area contributed by atoms with E-state index >= 15 is 0 Å². The second-order valence-electron chi connectivity index (χ2n) is 11.2. The summed E-state index contributed by atoms with van der Waals surface area (Å²) >= 11 is 1.42.